The van der Waals surface area contributed by atoms with Crippen LogP contribution in [0.4, 0.5) is 23.2 Å². The van der Waals surface area contributed by atoms with Crippen LogP contribution >= 0.6 is 23.2 Å². The van der Waals surface area contributed by atoms with Gasteiger partial charge in [0.1, 0.15) is 17.3 Å². The first kappa shape index (κ1) is 31.6. The Morgan fingerprint density at radius 3 is 2.30 bits per heavy atom. The number of carbonyl (C=O) groups is 3. The molecule has 0 bridgehead atoms. The van der Waals surface area contributed by atoms with Gasteiger partial charge in [0.25, 0.3) is 0 Å². The second-order valence-electron chi connectivity index (χ2n) is 10.7. The van der Waals surface area contributed by atoms with Gasteiger partial charge < -0.3 is 15.2 Å². The lowest BCUT2D eigenvalue weighted by molar-refractivity contribution is -0.192. The molecule has 1 amide bonds. The summed E-state index contributed by atoms with van der Waals surface area (Å²) in [5, 5.41) is 13.8. The van der Waals surface area contributed by atoms with Crippen LogP contribution in [0.2, 0.25) is 10.0 Å². The number of rotatable bonds is 4. The molecule has 1 fully saturated rings. The molecule has 2 aromatic rings. The van der Waals surface area contributed by atoms with E-state index >= 15 is 4.39 Å². The van der Waals surface area contributed by atoms with Gasteiger partial charge in [-0.2, -0.15) is 13.2 Å². The van der Waals surface area contributed by atoms with Gasteiger partial charge >= 0.3 is 18.1 Å². The van der Waals surface area contributed by atoms with Crippen molar-refractivity contribution in [3.8, 4) is 0 Å². The van der Waals surface area contributed by atoms with Gasteiger partial charge in [-0.25, -0.2) is 9.18 Å². The Hall–Kier alpha value is -2.89. The van der Waals surface area contributed by atoms with Crippen molar-refractivity contribution >= 4 is 46.7 Å². The summed E-state index contributed by atoms with van der Waals surface area (Å²) < 4.78 is 52.6. The predicted octanol–water partition coefficient (Wildman–Crippen LogP) is 6.08. The third-order valence-corrected chi connectivity index (χ3v) is 7.25. The van der Waals surface area contributed by atoms with Crippen molar-refractivity contribution in [3.05, 3.63) is 63.4 Å². The number of fused-ring (bicyclic) bond motifs is 2. The van der Waals surface area contributed by atoms with E-state index in [2.05, 4.69) is 31.4 Å². The van der Waals surface area contributed by atoms with Crippen LogP contribution < -0.4 is 10.6 Å². The van der Waals surface area contributed by atoms with Crippen molar-refractivity contribution in [2.75, 3.05) is 11.9 Å². The maximum atomic E-state index is 15.5. The minimum atomic E-state index is -5.08. The number of carbonyl (C=O) groups excluding carboxylic acids is 2. The summed E-state index contributed by atoms with van der Waals surface area (Å²) in [6, 6.07) is 8.42. The van der Waals surface area contributed by atoms with E-state index in [1.165, 1.54) is 6.07 Å². The third-order valence-electron chi connectivity index (χ3n) is 6.72. The molecule has 2 aliphatic rings. The predicted molar refractivity (Wildman–Crippen MR) is 141 cm³/mol. The quantitative estimate of drug-likeness (QED) is 0.288. The molecule has 2 aromatic carbocycles. The van der Waals surface area contributed by atoms with E-state index in [-0.39, 0.29) is 28.5 Å². The van der Waals surface area contributed by atoms with Gasteiger partial charge in [-0.15, -0.1) is 0 Å². The Morgan fingerprint density at radius 1 is 1.12 bits per heavy atom. The molecule has 4 rings (SSSR count). The Kier molecular flexibility index (Phi) is 9.13. The molecule has 0 saturated carbocycles. The standard InChI is InChI=1S/C25H27Cl2FN2O3.C2HF3O2/c1-5-33-22(31)21-19(14-7-6-8-16(27)20(14)28)25(18(30-21)12-24(2,3)4)15-10-9-13(26)11-17(15)29-23(25)32;3-2(4,5)1(6)7/h6-11,18-19,21,30H,5,12H2,1-4H3,(H,29,32);(H,6,7)/t18-,19-,21+,25+;/m0./s1. The molecule has 0 aliphatic carbocycles. The van der Waals surface area contributed by atoms with E-state index in [0.717, 1.165) is 0 Å². The molecule has 1 saturated heterocycles. The molecular formula is C27H28Cl2F4N2O5. The molecule has 2 aliphatic heterocycles. The Morgan fingerprint density at radius 2 is 1.75 bits per heavy atom. The fraction of sp³-hybridized carbons (Fsp3) is 0.444. The van der Waals surface area contributed by atoms with Gasteiger partial charge in [0, 0.05) is 22.7 Å². The largest absolute Gasteiger partial charge is 0.490 e. The summed E-state index contributed by atoms with van der Waals surface area (Å²) in [7, 11) is 0. The molecule has 1 spiro atoms. The highest BCUT2D eigenvalue weighted by molar-refractivity contribution is 6.31. The molecule has 0 unspecified atom stereocenters. The molecular weight excluding hydrogens is 579 g/mol. The Balaban J connectivity index is 0.000000559. The monoisotopic (exact) mass is 606 g/mol. The fourth-order valence-electron chi connectivity index (χ4n) is 5.36. The number of hydrogen-bond donors (Lipinski definition) is 3. The molecule has 0 radical (unpaired) electrons. The number of alkyl halides is 3. The van der Waals surface area contributed by atoms with Crippen LogP contribution in [-0.4, -0.2) is 47.8 Å². The van der Waals surface area contributed by atoms with Crippen molar-refractivity contribution < 1.29 is 41.8 Å². The van der Waals surface area contributed by atoms with Crippen LogP contribution in [0.25, 0.3) is 0 Å². The molecule has 3 N–H and O–H groups in total. The highest BCUT2D eigenvalue weighted by Gasteiger charge is 2.66. The second-order valence-corrected chi connectivity index (χ2v) is 11.5. The average Bonchev–Trinajstić information content (AvgIpc) is 3.29. The summed E-state index contributed by atoms with van der Waals surface area (Å²) in [6.07, 6.45) is -4.53. The number of esters is 1. The van der Waals surface area contributed by atoms with E-state index in [0.29, 0.717) is 22.7 Å². The van der Waals surface area contributed by atoms with Gasteiger partial charge in [0.05, 0.1) is 11.6 Å². The number of nitrogens with one attached hydrogen (secondary N) is 2. The van der Waals surface area contributed by atoms with E-state index in [1.807, 2.05) is 0 Å². The SMILES string of the molecule is CCOC(=O)[C@@H]1N[C@@H](CC(C)(C)C)[C@@]2(C(=O)Nc3cc(Cl)ccc32)[C@H]1c1cccc(Cl)c1F.O=C(O)C(F)(F)F. The number of amides is 1. The van der Waals surface area contributed by atoms with Crippen molar-refractivity contribution in [2.24, 2.45) is 5.41 Å². The summed E-state index contributed by atoms with van der Waals surface area (Å²) in [5.74, 6) is -5.13. The number of aliphatic carboxylic acids is 1. The first-order chi connectivity index (χ1) is 18.4. The van der Waals surface area contributed by atoms with Crippen LogP contribution in [0.1, 0.15) is 51.2 Å². The van der Waals surface area contributed by atoms with Gasteiger partial charge in [0.2, 0.25) is 5.91 Å². The maximum Gasteiger partial charge on any atom is 0.490 e. The topological polar surface area (TPSA) is 105 Å². The molecule has 7 nitrogen and oxygen atoms in total. The molecule has 13 heteroatoms. The first-order valence-electron chi connectivity index (χ1n) is 12.2. The highest BCUT2D eigenvalue weighted by atomic mass is 35.5. The summed E-state index contributed by atoms with van der Waals surface area (Å²) in [5.41, 5.74) is -0.0283. The Labute approximate surface area is 238 Å². The van der Waals surface area contributed by atoms with Crippen molar-refractivity contribution in [3.63, 3.8) is 0 Å². The van der Waals surface area contributed by atoms with Gasteiger partial charge in [0.15, 0.2) is 0 Å². The van der Waals surface area contributed by atoms with E-state index in [1.54, 1.807) is 37.3 Å². The zero-order chi connectivity index (χ0) is 30.2. The maximum absolute atomic E-state index is 15.5. The second kappa shape index (κ2) is 11.5. The van der Waals surface area contributed by atoms with Crippen molar-refractivity contribution in [1.82, 2.24) is 5.32 Å². The van der Waals surface area contributed by atoms with E-state index in [4.69, 9.17) is 37.8 Å². The number of benzene rings is 2. The number of ether oxygens (including phenoxy) is 1. The summed E-state index contributed by atoms with van der Waals surface area (Å²) >= 11 is 12.4. The minimum absolute atomic E-state index is 0.0701. The minimum Gasteiger partial charge on any atom is -0.475 e. The smallest absolute Gasteiger partial charge is 0.475 e. The van der Waals surface area contributed by atoms with Crippen LogP contribution in [-0.2, 0) is 24.5 Å². The lowest BCUT2D eigenvalue weighted by Crippen LogP contribution is -2.49. The van der Waals surface area contributed by atoms with E-state index in [9.17, 15) is 22.8 Å². The van der Waals surface area contributed by atoms with Crippen LogP contribution in [0.3, 0.4) is 0 Å². The molecule has 218 valence electrons. The zero-order valence-corrected chi connectivity index (χ0v) is 23.5. The normalized spacial score (nSPS) is 23.8. The lowest BCUT2D eigenvalue weighted by Gasteiger charge is -2.37. The van der Waals surface area contributed by atoms with Gasteiger partial charge in [-0.1, -0.05) is 62.2 Å². The summed E-state index contributed by atoms with van der Waals surface area (Å²) in [6.45, 7) is 8.06. The fourth-order valence-corrected chi connectivity index (χ4v) is 5.72. The van der Waals surface area contributed by atoms with Crippen LogP contribution in [0.15, 0.2) is 36.4 Å². The third kappa shape index (κ3) is 6.06. The molecule has 4 atom stereocenters. The molecule has 2 heterocycles. The first-order valence-corrected chi connectivity index (χ1v) is 13.0. The lowest BCUT2D eigenvalue weighted by atomic mass is 9.62. The zero-order valence-electron chi connectivity index (χ0n) is 22.0. The Bertz CT molecular complexity index is 1310. The number of halogens is 6. The number of carboxylic acids is 1. The summed E-state index contributed by atoms with van der Waals surface area (Å²) in [4.78, 5) is 35.9. The van der Waals surface area contributed by atoms with Gasteiger partial charge in [-0.05, 0) is 48.1 Å². The van der Waals surface area contributed by atoms with Crippen molar-refractivity contribution in [1.29, 1.82) is 0 Å². The molecule has 0 aromatic heterocycles. The number of hydrogen-bond acceptors (Lipinski definition) is 5. The van der Waals surface area contributed by atoms with Gasteiger partial charge in [-0.3, -0.25) is 14.9 Å². The van der Waals surface area contributed by atoms with E-state index < -0.39 is 47.3 Å². The molecule has 40 heavy (non-hydrogen) atoms. The number of carboxylic acid groups (broad SMARTS) is 1. The van der Waals surface area contributed by atoms with Crippen LogP contribution in [0.5, 0.6) is 0 Å². The number of anilines is 1. The van der Waals surface area contributed by atoms with Crippen LogP contribution in [0, 0.1) is 11.2 Å². The van der Waals surface area contributed by atoms with Crippen molar-refractivity contribution in [2.45, 2.75) is 63.7 Å². The highest BCUT2D eigenvalue weighted by Crippen LogP contribution is 2.57. The average molecular weight is 607 g/mol.